The summed E-state index contributed by atoms with van der Waals surface area (Å²) < 4.78 is 2.09. The van der Waals surface area contributed by atoms with Crippen molar-refractivity contribution in [1.82, 2.24) is 15.0 Å². The number of nitrogens with zero attached hydrogens (tertiary/aromatic N) is 2. The summed E-state index contributed by atoms with van der Waals surface area (Å²) in [5.74, 6) is 9.46. The van der Waals surface area contributed by atoms with E-state index in [-0.39, 0.29) is 0 Å². The Morgan fingerprint density at radius 2 is 2.32 bits per heavy atom. The Balaban J connectivity index is 1.93. The van der Waals surface area contributed by atoms with Crippen molar-refractivity contribution in [3.05, 3.63) is 18.2 Å². The molecule has 4 nitrogen and oxygen atoms in total. The van der Waals surface area contributed by atoms with E-state index >= 15 is 0 Å². The fourth-order valence-corrected chi connectivity index (χ4v) is 5.86. The molecule has 3 N–H and O–H groups in total. The van der Waals surface area contributed by atoms with Crippen molar-refractivity contribution in [1.29, 1.82) is 0 Å². The summed E-state index contributed by atoms with van der Waals surface area (Å²) in [5, 5.41) is 1.34. The van der Waals surface area contributed by atoms with Gasteiger partial charge in [0.05, 0.1) is 0 Å². The summed E-state index contributed by atoms with van der Waals surface area (Å²) in [7, 11) is 2.05. The van der Waals surface area contributed by atoms with Gasteiger partial charge in [0.2, 0.25) is 0 Å². The van der Waals surface area contributed by atoms with Crippen molar-refractivity contribution < 1.29 is 0 Å². The molecule has 1 aliphatic heterocycles. The molecule has 19 heavy (non-hydrogen) atoms. The van der Waals surface area contributed by atoms with E-state index in [0.717, 1.165) is 23.9 Å². The lowest BCUT2D eigenvalue weighted by atomic mass is 10.0. The van der Waals surface area contributed by atoms with Crippen LogP contribution in [0, 0.1) is 0 Å². The molecule has 1 aliphatic rings. The molecule has 1 aromatic rings. The number of imidazole rings is 1. The predicted molar refractivity (Wildman–Crippen MR) is 85.4 cm³/mol. The van der Waals surface area contributed by atoms with Crippen LogP contribution in [-0.2, 0) is 13.5 Å². The van der Waals surface area contributed by atoms with Gasteiger partial charge in [0.1, 0.15) is 5.82 Å². The number of hydrogen-bond acceptors (Lipinski definition) is 5. The van der Waals surface area contributed by atoms with Crippen LogP contribution < -0.4 is 11.3 Å². The van der Waals surface area contributed by atoms with Gasteiger partial charge in [0, 0.05) is 53.9 Å². The highest BCUT2D eigenvalue weighted by Gasteiger charge is 2.31. The number of rotatable bonds is 6. The molecule has 0 radical (unpaired) electrons. The first kappa shape index (κ1) is 15.2. The van der Waals surface area contributed by atoms with E-state index in [1.165, 1.54) is 17.9 Å². The van der Waals surface area contributed by atoms with Crippen LogP contribution in [0.5, 0.6) is 0 Å². The largest absolute Gasteiger partial charge is 0.338 e. The maximum Gasteiger partial charge on any atom is 0.108 e. The van der Waals surface area contributed by atoms with Crippen LogP contribution in [0.1, 0.15) is 25.6 Å². The van der Waals surface area contributed by atoms with Crippen LogP contribution >= 0.6 is 23.5 Å². The Kier molecular flexibility index (Phi) is 6.06. The van der Waals surface area contributed by atoms with E-state index in [1.807, 2.05) is 19.4 Å². The molecule has 0 amide bonds. The first-order chi connectivity index (χ1) is 9.26. The number of nitrogens with two attached hydrogens (primary N) is 1. The molecule has 1 fully saturated rings. The molecule has 2 rings (SSSR count). The molecule has 0 spiro atoms. The number of thioether (sulfide) groups is 2. The van der Waals surface area contributed by atoms with Crippen LogP contribution in [0.3, 0.4) is 0 Å². The van der Waals surface area contributed by atoms with Gasteiger partial charge in [-0.05, 0) is 12.8 Å². The number of hydrogen-bond donors (Lipinski definition) is 2. The van der Waals surface area contributed by atoms with Gasteiger partial charge < -0.3 is 4.57 Å². The second-order valence-electron chi connectivity index (χ2n) is 4.92. The van der Waals surface area contributed by atoms with Crippen molar-refractivity contribution in [2.75, 3.05) is 11.5 Å². The van der Waals surface area contributed by atoms with Gasteiger partial charge in [-0.1, -0.05) is 6.92 Å². The molecule has 0 aliphatic carbocycles. The second kappa shape index (κ2) is 7.57. The van der Waals surface area contributed by atoms with E-state index in [2.05, 4.69) is 45.4 Å². The Bertz CT molecular complexity index is 382. The van der Waals surface area contributed by atoms with Crippen molar-refractivity contribution >= 4 is 23.5 Å². The van der Waals surface area contributed by atoms with Gasteiger partial charge in [0.25, 0.3) is 0 Å². The van der Waals surface area contributed by atoms with Crippen LogP contribution in [-0.4, -0.2) is 37.6 Å². The Hall–Kier alpha value is -0.170. The third-order valence-electron chi connectivity index (χ3n) is 3.70. The zero-order chi connectivity index (χ0) is 13.7. The summed E-state index contributed by atoms with van der Waals surface area (Å²) in [6, 6.07) is 0.374. The summed E-state index contributed by atoms with van der Waals surface area (Å²) in [5.41, 5.74) is 3.05. The highest BCUT2D eigenvalue weighted by atomic mass is 32.2. The van der Waals surface area contributed by atoms with Gasteiger partial charge in [-0.25, -0.2) is 4.98 Å². The smallest absolute Gasteiger partial charge is 0.108 e. The van der Waals surface area contributed by atoms with Crippen molar-refractivity contribution in [3.63, 3.8) is 0 Å². The van der Waals surface area contributed by atoms with Gasteiger partial charge in [-0.2, -0.15) is 23.5 Å². The van der Waals surface area contributed by atoms with Crippen LogP contribution in [0.25, 0.3) is 0 Å². The fourth-order valence-electron chi connectivity index (χ4n) is 2.58. The highest BCUT2D eigenvalue weighted by molar-refractivity contribution is 8.07. The summed E-state index contributed by atoms with van der Waals surface area (Å²) in [4.78, 5) is 4.39. The molecule has 3 unspecified atom stereocenters. The Labute approximate surface area is 124 Å². The predicted octanol–water partition coefficient (Wildman–Crippen LogP) is 1.81. The maximum absolute atomic E-state index is 5.80. The van der Waals surface area contributed by atoms with E-state index in [9.17, 15) is 0 Å². The molecule has 0 saturated carbocycles. The highest BCUT2D eigenvalue weighted by Crippen LogP contribution is 2.36. The molecule has 6 heteroatoms. The molecular weight excluding hydrogens is 276 g/mol. The molecule has 3 atom stereocenters. The first-order valence-corrected chi connectivity index (χ1v) is 9.01. The molecular formula is C13H24N4S2. The minimum absolute atomic E-state index is 0.374. The second-order valence-corrected chi connectivity index (χ2v) is 7.55. The quantitative estimate of drug-likeness (QED) is 0.620. The third kappa shape index (κ3) is 3.90. The minimum atomic E-state index is 0.374. The summed E-state index contributed by atoms with van der Waals surface area (Å²) in [6.07, 6.45) is 7.12. The van der Waals surface area contributed by atoms with E-state index < -0.39 is 0 Å². The number of aryl methyl sites for hydroxylation is 2. The lowest BCUT2D eigenvalue weighted by Crippen LogP contribution is -2.48. The van der Waals surface area contributed by atoms with E-state index in [0.29, 0.717) is 11.3 Å². The van der Waals surface area contributed by atoms with Crippen LogP contribution in [0.15, 0.2) is 12.4 Å². The minimum Gasteiger partial charge on any atom is -0.338 e. The van der Waals surface area contributed by atoms with Gasteiger partial charge >= 0.3 is 0 Å². The lowest BCUT2D eigenvalue weighted by Gasteiger charge is -2.35. The van der Waals surface area contributed by atoms with Crippen molar-refractivity contribution in [2.45, 2.75) is 42.7 Å². The summed E-state index contributed by atoms with van der Waals surface area (Å²) >= 11 is 4.18. The van der Waals surface area contributed by atoms with Crippen molar-refractivity contribution in [3.8, 4) is 0 Å². The van der Waals surface area contributed by atoms with E-state index in [1.54, 1.807) is 0 Å². The SMILES string of the molecule is CCC1SCCSC1C(CCc1nccn1C)NN. The van der Waals surface area contributed by atoms with E-state index in [4.69, 9.17) is 5.84 Å². The lowest BCUT2D eigenvalue weighted by molar-refractivity contribution is 0.458. The molecule has 1 saturated heterocycles. The van der Waals surface area contributed by atoms with Crippen LogP contribution in [0.2, 0.25) is 0 Å². The molecule has 2 heterocycles. The van der Waals surface area contributed by atoms with Gasteiger partial charge in [-0.3, -0.25) is 11.3 Å². The van der Waals surface area contributed by atoms with Gasteiger partial charge in [0.15, 0.2) is 0 Å². The average molecular weight is 300 g/mol. The van der Waals surface area contributed by atoms with Crippen molar-refractivity contribution in [2.24, 2.45) is 12.9 Å². The topological polar surface area (TPSA) is 55.9 Å². The maximum atomic E-state index is 5.80. The monoisotopic (exact) mass is 300 g/mol. The first-order valence-electron chi connectivity index (χ1n) is 6.91. The number of hydrazine groups is 1. The fraction of sp³-hybridized carbons (Fsp3) is 0.769. The zero-order valence-corrected chi connectivity index (χ0v) is 13.3. The summed E-state index contributed by atoms with van der Waals surface area (Å²) in [6.45, 7) is 2.28. The molecule has 0 bridgehead atoms. The standard InChI is InChI=1S/C13H24N4S2/c1-3-11-13(19-9-8-18-11)10(16-14)4-5-12-15-6-7-17(12)2/h6-7,10-11,13,16H,3-5,8-9,14H2,1-2H3. The zero-order valence-electron chi connectivity index (χ0n) is 11.7. The number of aromatic nitrogens is 2. The third-order valence-corrected chi connectivity index (χ3v) is 7.11. The molecule has 108 valence electrons. The average Bonchev–Trinajstić information content (AvgIpc) is 2.85. The van der Waals surface area contributed by atoms with Gasteiger partial charge in [-0.15, -0.1) is 0 Å². The Morgan fingerprint density at radius 1 is 1.53 bits per heavy atom. The number of nitrogens with one attached hydrogen (secondary N) is 1. The van der Waals surface area contributed by atoms with Crippen LogP contribution in [0.4, 0.5) is 0 Å². The molecule has 1 aromatic heterocycles. The normalized spacial score (nSPS) is 25.4. The molecule has 0 aromatic carbocycles. The Morgan fingerprint density at radius 3 is 2.95 bits per heavy atom.